The molecular weight excluding hydrogens is 201 g/mol. The molecule has 1 aromatic carbocycles. The van der Waals surface area contributed by atoms with E-state index in [0.717, 1.165) is 12.8 Å². The van der Waals surface area contributed by atoms with Crippen molar-refractivity contribution in [2.75, 3.05) is 0 Å². The van der Waals surface area contributed by atoms with Crippen LogP contribution in [0.5, 0.6) is 0 Å². The zero-order chi connectivity index (χ0) is 10.1. The van der Waals surface area contributed by atoms with E-state index in [1.165, 1.54) is 6.07 Å². The molecule has 2 unspecified atom stereocenters. The van der Waals surface area contributed by atoms with E-state index in [0.29, 0.717) is 22.9 Å². The van der Waals surface area contributed by atoms with E-state index in [2.05, 4.69) is 0 Å². The Hall–Kier alpha value is -0.600. The van der Waals surface area contributed by atoms with Gasteiger partial charge in [-0.2, -0.15) is 0 Å². The zero-order valence-electron chi connectivity index (χ0n) is 7.84. The van der Waals surface area contributed by atoms with Crippen LogP contribution in [0.25, 0.3) is 0 Å². The van der Waals surface area contributed by atoms with E-state index < -0.39 is 0 Å². The van der Waals surface area contributed by atoms with Crippen molar-refractivity contribution in [2.24, 2.45) is 11.7 Å². The van der Waals surface area contributed by atoms with Crippen LogP contribution < -0.4 is 5.73 Å². The molecule has 2 rings (SSSR count). The highest BCUT2D eigenvalue weighted by atomic mass is 35.5. The van der Waals surface area contributed by atoms with Gasteiger partial charge in [-0.1, -0.05) is 11.6 Å². The second-order valence-electron chi connectivity index (χ2n) is 3.94. The fourth-order valence-corrected chi connectivity index (χ4v) is 2.03. The van der Waals surface area contributed by atoms with Crippen LogP contribution in [0.4, 0.5) is 4.39 Å². The quantitative estimate of drug-likeness (QED) is 0.803. The van der Waals surface area contributed by atoms with Gasteiger partial charge in [0.1, 0.15) is 5.82 Å². The minimum atomic E-state index is -0.173. The maximum absolute atomic E-state index is 13.3. The Kier molecular flexibility index (Phi) is 2.75. The molecule has 0 spiro atoms. The van der Waals surface area contributed by atoms with Gasteiger partial charge >= 0.3 is 0 Å². The number of benzene rings is 1. The van der Waals surface area contributed by atoms with E-state index in [1.54, 1.807) is 12.1 Å². The van der Waals surface area contributed by atoms with Gasteiger partial charge in [0.05, 0.1) is 0 Å². The molecule has 76 valence electrons. The average Bonchev–Trinajstić information content (AvgIpc) is 2.17. The minimum Gasteiger partial charge on any atom is -0.327 e. The normalized spacial score (nSPS) is 25.9. The van der Waals surface area contributed by atoms with Gasteiger partial charge in [0.15, 0.2) is 0 Å². The molecule has 0 heterocycles. The molecule has 1 fully saturated rings. The summed E-state index contributed by atoms with van der Waals surface area (Å²) >= 11 is 5.80. The third kappa shape index (κ3) is 1.91. The molecule has 0 aromatic heterocycles. The molecular formula is C11H13ClFN. The molecule has 0 amide bonds. The standard InChI is InChI=1S/C11H13ClFN/c12-9-2-3-10(13)8(6-9)5-7-1-4-11(7)14/h2-3,6-7,11H,1,4-5,14H2. The van der Waals surface area contributed by atoms with E-state index in [4.69, 9.17) is 17.3 Å². The molecule has 2 N–H and O–H groups in total. The Bertz CT molecular complexity index is 340. The minimum absolute atomic E-state index is 0.173. The SMILES string of the molecule is NC1CCC1Cc1cc(Cl)ccc1F. The predicted molar refractivity (Wildman–Crippen MR) is 55.8 cm³/mol. The largest absolute Gasteiger partial charge is 0.327 e. The van der Waals surface area contributed by atoms with Crippen molar-refractivity contribution >= 4 is 11.6 Å². The Morgan fingerprint density at radius 1 is 1.43 bits per heavy atom. The first-order valence-corrected chi connectivity index (χ1v) is 5.24. The summed E-state index contributed by atoms with van der Waals surface area (Å²) in [6.07, 6.45) is 2.88. The number of hydrogen-bond acceptors (Lipinski definition) is 1. The molecule has 1 nitrogen and oxygen atoms in total. The average molecular weight is 214 g/mol. The first-order chi connectivity index (χ1) is 6.66. The summed E-state index contributed by atoms with van der Waals surface area (Å²) in [5.74, 6) is 0.261. The van der Waals surface area contributed by atoms with Crippen LogP contribution in [0, 0.1) is 11.7 Å². The van der Waals surface area contributed by atoms with Gasteiger partial charge in [0.2, 0.25) is 0 Å². The summed E-state index contributed by atoms with van der Waals surface area (Å²) in [6.45, 7) is 0. The van der Waals surface area contributed by atoms with Crippen molar-refractivity contribution in [3.05, 3.63) is 34.6 Å². The summed E-state index contributed by atoms with van der Waals surface area (Å²) in [4.78, 5) is 0. The van der Waals surface area contributed by atoms with Gasteiger partial charge in [0.25, 0.3) is 0 Å². The van der Waals surface area contributed by atoms with E-state index in [-0.39, 0.29) is 11.9 Å². The zero-order valence-corrected chi connectivity index (χ0v) is 8.60. The number of rotatable bonds is 2. The van der Waals surface area contributed by atoms with E-state index >= 15 is 0 Å². The van der Waals surface area contributed by atoms with Gasteiger partial charge in [-0.25, -0.2) is 4.39 Å². The Morgan fingerprint density at radius 2 is 2.21 bits per heavy atom. The van der Waals surface area contributed by atoms with Gasteiger partial charge in [-0.15, -0.1) is 0 Å². The molecule has 0 saturated heterocycles. The third-order valence-corrected chi connectivity index (χ3v) is 3.20. The Balaban J connectivity index is 2.11. The lowest BCUT2D eigenvalue weighted by Gasteiger charge is -2.33. The summed E-state index contributed by atoms with van der Waals surface area (Å²) in [7, 11) is 0. The third-order valence-electron chi connectivity index (χ3n) is 2.97. The molecule has 3 heteroatoms. The number of nitrogens with two attached hydrogens (primary N) is 1. The number of halogens is 2. The first-order valence-electron chi connectivity index (χ1n) is 4.86. The van der Waals surface area contributed by atoms with Crippen molar-refractivity contribution in [3.8, 4) is 0 Å². The molecule has 1 aliphatic carbocycles. The fourth-order valence-electron chi connectivity index (χ4n) is 1.83. The van der Waals surface area contributed by atoms with Crippen LogP contribution in [0.2, 0.25) is 5.02 Å². The molecule has 0 bridgehead atoms. The lowest BCUT2D eigenvalue weighted by molar-refractivity contribution is 0.253. The predicted octanol–water partition coefficient (Wildman–Crippen LogP) is 2.76. The smallest absolute Gasteiger partial charge is 0.126 e. The van der Waals surface area contributed by atoms with Crippen LogP contribution in [0.1, 0.15) is 18.4 Å². The van der Waals surface area contributed by atoms with Gasteiger partial charge < -0.3 is 5.73 Å². The summed E-state index contributed by atoms with van der Waals surface area (Å²) in [5, 5.41) is 0.592. The highest BCUT2D eigenvalue weighted by molar-refractivity contribution is 6.30. The van der Waals surface area contributed by atoms with Crippen molar-refractivity contribution in [1.29, 1.82) is 0 Å². The second kappa shape index (κ2) is 3.87. The first kappa shape index (κ1) is 9.94. The van der Waals surface area contributed by atoms with Crippen LogP contribution in [-0.2, 0) is 6.42 Å². The summed E-state index contributed by atoms with van der Waals surface area (Å²) in [5.41, 5.74) is 6.50. The lowest BCUT2D eigenvalue weighted by atomic mass is 9.76. The van der Waals surface area contributed by atoms with Gasteiger partial charge in [-0.3, -0.25) is 0 Å². The molecule has 14 heavy (non-hydrogen) atoms. The van der Waals surface area contributed by atoms with Crippen molar-refractivity contribution in [3.63, 3.8) is 0 Å². The maximum Gasteiger partial charge on any atom is 0.126 e. The lowest BCUT2D eigenvalue weighted by Crippen LogP contribution is -2.40. The fraction of sp³-hybridized carbons (Fsp3) is 0.455. The molecule has 0 radical (unpaired) electrons. The summed E-state index contributed by atoms with van der Waals surface area (Å²) < 4.78 is 13.3. The monoisotopic (exact) mass is 213 g/mol. The van der Waals surface area contributed by atoms with Crippen LogP contribution in [0.15, 0.2) is 18.2 Å². The van der Waals surface area contributed by atoms with E-state index in [1.807, 2.05) is 0 Å². The van der Waals surface area contributed by atoms with Crippen molar-refractivity contribution in [1.82, 2.24) is 0 Å². The molecule has 1 saturated carbocycles. The number of hydrogen-bond donors (Lipinski definition) is 1. The topological polar surface area (TPSA) is 26.0 Å². The van der Waals surface area contributed by atoms with Crippen LogP contribution >= 0.6 is 11.6 Å². The second-order valence-corrected chi connectivity index (χ2v) is 4.38. The Labute approximate surface area is 88.1 Å². The van der Waals surface area contributed by atoms with Gasteiger partial charge in [0, 0.05) is 11.1 Å². The van der Waals surface area contributed by atoms with Crippen molar-refractivity contribution in [2.45, 2.75) is 25.3 Å². The van der Waals surface area contributed by atoms with Crippen LogP contribution in [0.3, 0.4) is 0 Å². The van der Waals surface area contributed by atoms with Gasteiger partial charge in [-0.05, 0) is 48.9 Å². The Morgan fingerprint density at radius 3 is 2.79 bits per heavy atom. The highest BCUT2D eigenvalue weighted by Crippen LogP contribution is 2.30. The highest BCUT2D eigenvalue weighted by Gasteiger charge is 2.27. The van der Waals surface area contributed by atoms with Crippen molar-refractivity contribution < 1.29 is 4.39 Å². The van der Waals surface area contributed by atoms with Crippen LogP contribution in [-0.4, -0.2) is 6.04 Å². The summed E-state index contributed by atoms with van der Waals surface area (Å²) in [6, 6.07) is 4.93. The molecule has 2 atom stereocenters. The molecule has 1 aliphatic rings. The maximum atomic E-state index is 13.3. The van der Waals surface area contributed by atoms with E-state index in [9.17, 15) is 4.39 Å². The molecule has 0 aliphatic heterocycles. The molecule has 1 aromatic rings.